The fourth-order valence-corrected chi connectivity index (χ4v) is 3.81. The van der Waals surface area contributed by atoms with Crippen molar-refractivity contribution in [3.8, 4) is 11.1 Å². The molecule has 0 unspecified atom stereocenters. The van der Waals surface area contributed by atoms with E-state index in [0.717, 1.165) is 16.7 Å². The van der Waals surface area contributed by atoms with Crippen molar-refractivity contribution in [3.63, 3.8) is 0 Å². The lowest BCUT2D eigenvalue weighted by Crippen LogP contribution is -2.43. The Labute approximate surface area is 185 Å². The number of nitrogens with one attached hydrogen (secondary N) is 1. The van der Waals surface area contributed by atoms with Crippen molar-refractivity contribution in [2.24, 2.45) is 0 Å². The van der Waals surface area contributed by atoms with Crippen molar-refractivity contribution < 1.29 is 23.8 Å². The van der Waals surface area contributed by atoms with Gasteiger partial charge in [-0.3, -0.25) is 4.79 Å². The number of halogens is 2. The van der Waals surface area contributed by atoms with E-state index in [2.05, 4.69) is 5.32 Å². The molecule has 30 heavy (non-hydrogen) atoms. The van der Waals surface area contributed by atoms with Crippen molar-refractivity contribution >= 4 is 35.1 Å². The summed E-state index contributed by atoms with van der Waals surface area (Å²) < 4.78 is 15.4. The molecule has 1 N–H and O–H groups in total. The van der Waals surface area contributed by atoms with E-state index in [-0.39, 0.29) is 25.2 Å². The second-order valence-electron chi connectivity index (χ2n) is 6.94. The number of rotatable bonds is 9. The maximum Gasteiger partial charge on any atom is 0.338 e. The number of hydrogen-bond acceptors (Lipinski definition) is 5. The van der Waals surface area contributed by atoms with Crippen LogP contribution in [0.25, 0.3) is 11.1 Å². The molecule has 0 spiro atoms. The van der Waals surface area contributed by atoms with Crippen molar-refractivity contribution in [1.29, 1.82) is 0 Å². The Morgan fingerprint density at radius 3 is 2.37 bits per heavy atom. The van der Waals surface area contributed by atoms with Crippen LogP contribution in [0.4, 0.5) is 0 Å². The lowest BCUT2D eigenvalue weighted by Gasteiger charge is -2.17. The third-order valence-electron chi connectivity index (χ3n) is 4.67. The summed E-state index contributed by atoms with van der Waals surface area (Å²) in [4.78, 5) is 24.0. The van der Waals surface area contributed by atoms with E-state index in [1.807, 2.05) is 36.4 Å². The molecule has 0 aromatic heterocycles. The van der Waals surface area contributed by atoms with Crippen molar-refractivity contribution in [2.45, 2.75) is 31.6 Å². The Hall–Kier alpha value is -2.12. The summed E-state index contributed by atoms with van der Waals surface area (Å²) in [6.45, 7) is 1.95. The lowest BCUT2D eigenvalue weighted by atomic mass is 9.98. The van der Waals surface area contributed by atoms with Gasteiger partial charge in [0.1, 0.15) is 12.7 Å². The molecule has 2 aromatic carbocycles. The topological polar surface area (TPSA) is 77.2 Å². The van der Waals surface area contributed by atoms with Gasteiger partial charge in [0, 0.05) is 17.2 Å². The number of benzene rings is 2. The highest BCUT2D eigenvalue weighted by Gasteiger charge is 2.51. The van der Waals surface area contributed by atoms with E-state index in [1.54, 1.807) is 13.0 Å². The van der Waals surface area contributed by atoms with Crippen molar-refractivity contribution in [1.82, 2.24) is 5.32 Å². The van der Waals surface area contributed by atoms with E-state index in [1.165, 1.54) is 7.11 Å². The van der Waals surface area contributed by atoms with E-state index in [0.29, 0.717) is 16.5 Å². The van der Waals surface area contributed by atoms with Crippen LogP contribution in [0.15, 0.2) is 42.5 Å². The van der Waals surface area contributed by atoms with Crippen LogP contribution in [0.1, 0.15) is 12.5 Å². The first-order valence-electron chi connectivity index (χ1n) is 9.57. The molecule has 0 saturated carbocycles. The summed E-state index contributed by atoms with van der Waals surface area (Å²) >= 11 is 12.2. The summed E-state index contributed by atoms with van der Waals surface area (Å²) in [6.07, 6.45) is -0.603. The van der Waals surface area contributed by atoms with E-state index in [4.69, 9.17) is 37.4 Å². The molecule has 0 aliphatic carbocycles. The summed E-state index contributed by atoms with van der Waals surface area (Å²) in [5.41, 5.74) is 2.86. The highest BCUT2D eigenvalue weighted by molar-refractivity contribution is 6.35. The van der Waals surface area contributed by atoms with Gasteiger partial charge in [0.2, 0.25) is 5.91 Å². The van der Waals surface area contributed by atoms with Crippen molar-refractivity contribution in [2.75, 3.05) is 20.3 Å². The number of methoxy groups -OCH3 is 1. The van der Waals surface area contributed by atoms with Crippen molar-refractivity contribution in [3.05, 3.63) is 58.1 Å². The normalized spacial score (nSPS) is 18.5. The van der Waals surface area contributed by atoms with E-state index >= 15 is 0 Å². The van der Waals surface area contributed by atoms with Gasteiger partial charge in [-0.25, -0.2) is 4.79 Å². The van der Waals surface area contributed by atoms with Crippen LogP contribution in [0, 0.1) is 0 Å². The van der Waals surface area contributed by atoms with Crippen LogP contribution >= 0.6 is 23.2 Å². The minimum absolute atomic E-state index is 0.0677. The Balaban J connectivity index is 1.72. The van der Waals surface area contributed by atoms with E-state index in [9.17, 15) is 9.59 Å². The molecule has 1 heterocycles. The summed E-state index contributed by atoms with van der Waals surface area (Å²) in [7, 11) is 1.45. The fraction of sp³-hybridized carbons (Fsp3) is 0.364. The zero-order valence-corrected chi connectivity index (χ0v) is 18.2. The summed E-state index contributed by atoms with van der Waals surface area (Å²) in [5, 5.41) is 4.02. The highest BCUT2D eigenvalue weighted by Crippen LogP contribution is 2.30. The smallest absolute Gasteiger partial charge is 0.338 e. The van der Waals surface area contributed by atoms with Crippen LogP contribution in [-0.2, 0) is 30.2 Å². The Bertz CT molecular complexity index is 883. The molecule has 6 nitrogen and oxygen atoms in total. The Morgan fingerprint density at radius 1 is 1.10 bits per heavy atom. The third kappa shape index (κ3) is 5.95. The first-order chi connectivity index (χ1) is 14.4. The monoisotopic (exact) mass is 451 g/mol. The Kier molecular flexibility index (Phi) is 7.72. The fourth-order valence-electron chi connectivity index (χ4n) is 3.28. The maximum absolute atomic E-state index is 12.0. The SMILES string of the molecule is CCOC(=O)[C@@H]1O[C@H]1[C@@H](Cc1ccc(-c2cc(Cl)cc(Cl)c2)cc1)NC(=O)COC. The van der Waals surface area contributed by atoms with Crippen LogP contribution in [-0.4, -0.2) is 50.4 Å². The molecule has 3 rings (SSSR count). The predicted octanol–water partition coefficient (Wildman–Crippen LogP) is 3.66. The zero-order chi connectivity index (χ0) is 21.7. The van der Waals surface area contributed by atoms with Crippen LogP contribution < -0.4 is 5.32 Å². The Morgan fingerprint density at radius 2 is 1.77 bits per heavy atom. The van der Waals surface area contributed by atoms with E-state index < -0.39 is 18.2 Å². The van der Waals surface area contributed by atoms with Gasteiger partial charge in [0.25, 0.3) is 0 Å². The molecule has 1 fully saturated rings. The zero-order valence-electron chi connectivity index (χ0n) is 16.7. The second-order valence-corrected chi connectivity index (χ2v) is 7.81. The molecule has 160 valence electrons. The molecular weight excluding hydrogens is 429 g/mol. The molecular formula is C22H23Cl2NO5. The van der Waals surface area contributed by atoms with Gasteiger partial charge < -0.3 is 19.5 Å². The first-order valence-corrected chi connectivity index (χ1v) is 10.3. The van der Waals surface area contributed by atoms with Gasteiger partial charge in [0.05, 0.1) is 12.6 Å². The number of hydrogen-bond donors (Lipinski definition) is 1. The first kappa shape index (κ1) is 22.6. The van der Waals surface area contributed by atoms with Gasteiger partial charge in [0.15, 0.2) is 6.10 Å². The molecule has 1 saturated heterocycles. The summed E-state index contributed by atoms with van der Waals surface area (Å²) in [5.74, 6) is -0.688. The molecule has 0 radical (unpaired) electrons. The molecule has 8 heteroatoms. The average Bonchev–Trinajstić information content (AvgIpc) is 3.49. The molecule has 2 aromatic rings. The highest BCUT2D eigenvalue weighted by atomic mass is 35.5. The van der Waals surface area contributed by atoms with Gasteiger partial charge in [-0.2, -0.15) is 0 Å². The molecule has 0 bridgehead atoms. The quantitative estimate of drug-likeness (QED) is 0.464. The predicted molar refractivity (Wildman–Crippen MR) is 115 cm³/mol. The number of carbonyl (C=O) groups excluding carboxylic acids is 2. The summed E-state index contributed by atoms with van der Waals surface area (Å²) in [6, 6.07) is 12.8. The average molecular weight is 452 g/mol. The lowest BCUT2D eigenvalue weighted by molar-refractivity contribution is -0.144. The van der Waals surface area contributed by atoms with Crippen LogP contribution in [0.3, 0.4) is 0 Å². The molecule has 1 aliphatic rings. The van der Waals surface area contributed by atoms with Crippen LogP contribution in [0.5, 0.6) is 0 Å². The van der Waals surface area contributed by atoms with Gasteiger partial charge >= 0.3 is 5.97 Å². The largest absolute Gasteiger partial charge is 0.464 e. The van der Waals surface area contributed by atoms with Crippen LogP contribution in [0.2, 0.25) is 10.0 Å². The minimum atomic E-state index is -0.661. The number of amides is 1. The molecule has 3 atom stereocenters. The molecule has 1 aliphatic heterocycles. The molecule has 1 amide bonds. The minimum Gasteiger partial charge on any atom is -0.464 e. The standard InChI is InChI=1S/C22H23Cl2NO5/c1-3-29-22(27)21-20(30-21)18(25-19(26)12-28-2)8-13-4-6-14(7-5-13)15-9-16(23)11-17(24)10-15/h4-7,9-11,18,20-21H,3,8,12H2,1-2H3,(H,25,26)/t18-,20+,21-/m1/s1. The second kappa shape index (κ2) is 10.3. The van der Waals surface area contributed by atoms with Gasteiger partial charge in [-0.05, 0) is 48.2 Å². The number of epoxide rings is 1. The number of carbonyl (C=O) groups is 2. The number of esters is 1. The third-order valence-corrected chi connectivity index (χ3v) is 5.10. The van der Waals surface area contributed by atoms with Gasteiger partial charge in [-0.1, -0.05) is 47.5 Å². The maximum atomic E-state index is 12.0. The van der Waals surface area contributed by atoms with Gasteiger partial charge in [-0.15, -0.1) is 0 Å². The number of ether oxygens (including phenoxy) is 3.